The molecule has 3 rings (SSSR count). The van der Waals surface area contributed by atoms with E-state index in [2.05, 4.69) is 52.4 Å². The van der Waals surface area contributed by atoms with Crippen LogP contribution in [0.3, 0.4) is 0 Å². The van der Waals surface area contributed by atoms with Crippen molar-refractivity contribution in [2.75, 3.05) is 20.6 Å². The van der Waals surface area contributed by atoms with E-state index >= 15 is 0 Å². The third kappa shape index (κ3) is 5.80. The fourth-order valence-corrected chi connectivity index (χ4v) is 2.97. The Morgan fingerprint density at radius 1 is 1.30 bits per heavy atom. The highest BCUT2D eigenvalue weighted by Gasteiger charge is 2.10. The predicted molar refractivity (Wildman–Crippen MR) is 120 cm³/mol. The van der Waals surface area contributed by atoms with E-state index in [4.69, 9.17) is 4.42 Å². The molecule has 0 aliphatic rings. The minimum atomic E-state index is 0. The minimum Gasteiger partial charge on any atom is -0.461 e. The zero-order valence-corrected chi connectivity index (χ0v) is 19.1. The van der Waals surface area contributed by atoms with Crippen LogP contribution in [0.15, 0.2) is 56.5 Å². The zero-order valence-electron chi connectivity index (χ0n) is 15.1. The Labute approximate surface area is 183 Å². The number of nitrogens with one attached hydrogen (secondary N) is 2. The summed E-state index contributed by atoms with van der Waals surface area (Å²) in [6.07, 6.45) is 2.31. The molecule has 3 aromatic rings. The summed E-state index contributed by atoms with van der Waals surface area (Å²) in [6, 6.07) is 11.8. The van der Waals surface area contributed by atoms with E-state index in [1.54, 1.807) is 13.3 Å². The van der Waals surface area contributed by atoms with Crippen LogP contribution in [0.1, 0.15) is 11.4 Å². The molecule has 0 radical (unpaired) electrons. The summed E-state index contributed by atoms with van der Waals surface area (Å²) in [6.45, 7) is 1.45. The predicted octanol–water partition coefficient (Wildman–Crippen LogP) is 3.70. The molecule has 9 heteroatoms. The highest BCUT2D eigenvalue weighted by Crippen LogP contribution is 2.17. The normalized spacial score (nSPS) is 11.1. The molecule has 0 spiro atoms. The Morgan fingerprint density at radius 3 is 2.81 bits per heavy atom. The molecule has 0 atom stereocenters. The number of rotatable bonds is 6. The first-order valence-electron chi connectivity index (χ1n) is 8.27. The van der Waals surface area contributed by atoms with Crippen molar-refractivity contribution in [2.45, 2.75) is 13.0 Å². The maximum absolute atomic E-state index is 5.30. The standard InChI is InChI=1S/C18H21BrN6O.HI/c1-20-18(25(2)12-13-6-3-4-7-14(13)19)21-10-9-16-22-17(24-23-16)15-8-5-11-26-15;/h3-8,11H,9-10,12H2,1-2H3,(H,20,21)(H,22,23,24);1H. The molecule has 27 heavy (non-hydrogen) atoms. The van der Waals surface area contributed by atoms with Crippen LogP contribution in [0, 0.1) is 0 Å². The molecule has 2 N–H and O–H groups in total. The molecule has 144 valence electrons. The van der Waals surface area contributed by atoms with Gasteiger partial charge in [0.05, 0.1) is 6.26 Å². The molecular weight excluding hydrogens is 523 g/mol. The average molecular weight is 545 g/mol. The number of benzene rings is 1. The van der Waals surface area contributed by atoms with Gasteiger partial charge < -0.3 is 14.6 Å². The fourth-order valence-electron chi connectivity index (χ4n) is 2.56. The van der Waals surface area contributed by atoms with Crippen LogP contribution in [0.4, 0.5) is 0 Å². The van der Waals surface area contributed by atoms with Crippen molar-refractivity contribution in [1.29, 1.82) is 0 Å². The molecular formula is C18H22BrIN6O. The Morgan fingerprint density at radius 2 is 2.11 bits per heavy atom. The first-order valence-corrected chi connectivity index (χ1v) is 9.07. The van der Waals surface area contributed by atoms with Gasteiger partial charge in [-0.05, 0) is 23.8 Å². The summed E-state index contributed by atoms with van der Waals surface area (Å²) < 4.78 is 6.39. The van der Waals surface area contributed by atoms with Gasteiger partial charge in [0.15, 0.2) is 11.7 Å². The van der Waals surface area contributed by atoms with Gasteiger partial charge in [0.1, 0.15) is 5.82 Å². The molecule has 0 unspecified atom stereocenters. The number of halogens is 2. The first kappa shape index (κ1) is 21.4. The van der Waals surface area contributed by atoms with E-state index in [-0.39, 0.29) is 24.0 Å². The molecule has 0 fully saturated rings. The lowest BCUT2D eigenvalue weighted by Crippen LogP contribution is -2.39. The van der Waals surface area contributed by atoms with Crippen LogP contribution < -0.4 is 5.32 Å². The van der Waals surface area contributed by atoms with Crippen LogP contribution in [-0.4, -0.2) is 46.7 Å². The van der Waals surface area contributed by atoms with Gasteiger partial charge in [-0.3, -0.25) is 10.1 Å². The topological polar surface area (TPSA) is 82.3 Å². The smallest absolute Gasteiger partial charge is 0.216 e. The largest absolute Gasteiger partial charge is 0.461 e. The second-order valence-corrected chi connectivity index (χ2v) is 6.61. The summed E-state index contributed by atoms with van der Waals surface area (Å²) in [5.41, 5.74) is 1.20. The summed E-state index contributed by atoms with van der Waals surface area (Å²) in [5, 5.41) is 10.5. The summed E-state index contributed by atoms with van der Waals surface area (Å²) in [4.78, 5) is 10.9. The van der Waals surface area contributed by atoms with Gasteiger partial charge in [0.25, 0.3) is 0 Å². The number of H-pyrrole nitrogens is 1. The van der Waals surface area contributed by atoms with Gasteiger partial charge in [-0.2, -0.15) is 5.10 Å². The van der Waals surface area contributed by atoms with Gasteiger partial charge in [0.2, 0.25) is 5.82 Å². The quantitative estimate of drug-likeness (QED) is 0.281. The van der Waals surface area contributed by atoms with Crippen molar-refractivity contribution in [2.24, 2.45) is 4.99 Å². The van der Waals surface area contributed by atoms with Crippen molar-refractivity contribution in [3.63, 3.8) is 0 Å². The molecule has 0 saturated heterocycles. The van der Waals surface area contributed by atoms with Gasteiger partial charge >= 0.3 is 0 Å². The second-order valence-electron chi connectivity index (χ2n) is 5.75. The molecule has 0 amide bonds. The number of nitrogens with zero attached hydrogens (tertiary/aromatic N) is 4. The SMILES string of the molecule is CN=C(NCCc1nc(-c2ccco2)n[nH]1)N(C)Cc1ccccc1Br.I. The zero-order chi connectivity index (χ0) is 18.4. The Kier molecular flexibility index (Phi) is 8.29. The minimum absolute atomic E-state index is 0. The number of hydrogen-bond acceptors (Lipinski definition) is 4. The molecule has 0 bridgehead atoms. The molecule has 2 heterocycles. The van der Waals surface area contributed by atoms with Crippen molar-refractivity contribution in [3.8, 4) is 11.6 Å². The average Bonchev–Trinajstić information content (AvgIpc) is 3.32. The molecule has 2 aromatic heterocycles. The molecule has 7 nitrogen and oxygen atoms in total. The van der Waals surface area contributed by atoms with Gasteiger partial charge in [-0.25, -0.2) is 4.98 Å². The Bertz CT molecular complexity index is 864. The summed E-state index contributed by atoms with van der Waals surface area (Å²) in [5.74, 6) is 2.85. The lowest BCUT2D eigenvalue weighted by Gasteiger charge is -2.22. The van der Waals surface area contributed by atoms with Crippen LogP contribution in [0.25, 0.3) is 11.6 Å². The molecule has 0 saturated carbocycles. The maximum Gasteiger partial charge on any atom is 0.216 e. The second kappa shape index (κ2) is 10.5. The number of aliphatic imine (C=N–C) groups is 1. The first-order chi connectivity index (χ1) is 12.7. The number of furan rings is 1. The third-order valence-corrected chi connectivity index (χ3v) is 4.63. The third-order valence-electron chi connectivity index (χ3n) is 3.86. The van der Waals surface area contributed by atoms with Crippen molar-refractivity contribution >= 4 is 45.9 Å². The molecule has 0 aliphatic heterocycles. The number of aromatic nitrogens is 3. The van der Waals surface area contributed by atoms with Gasteiger partial charge in [-0.1, -0.05) is 34.1 Å². The van der Waals surface area contributed by atoms with Gasteiger partial charge in [-0.15, -0.1) is 24.0 Å². The van der Waals surface area contributed by atoms with E-state index < -0.39 is 0 Å². The Hall–Kier alpha value is -1.88. The van der Waals surface area contributed by atoms with E-state index in [1.807, 2.05) is 37.4 Å². The Balaban J connectivity index is 0.00000261. The van der Waals surface area contributed by atoms with E-state index in [0.717, 1.165) is 22.8 Å². The van der Waals surface area contributed by atoms with Crippen LogP contribution in [0.2, 0.25) is 0 Å². The molecule has 0 aliphatic carbocycles. The fraction of sp³-hybridized carbons (Fsp3) is 0.278. The van der Waals surface area contributed by atoms with Crippen molar-refractivity contribution in [3.05, 3.63) is 58.5 Å². The highest BCUT2D eigenvalue weighted by molar-refractivity contribution is 14.0. The highest BCUT2D eigenvalue weighted by atomic mass is 127. The van der Waals surface area contributed by atoms with Crippen LogP contribution in [0.5, 0.6) is 0 Å². The van der Waals surface area contributed by atoms with Gasteiger partial charge in [0, 0.05) is 38.1 Å². The van der Waals surface area contributed by atoms with E-state index in [1.165, 1.54) is 5.56 Å². The van der Waals surface area contributed by atoms with E-state index in [9.17, 15) is 0 Å². The van der Waals surface area contributed by atoms with Crippen LogP contribution in [-0.2, 0) is 13.0 Å². The monoisotopic (exact) mass is 544 g/mol. The number of hydrogen-bond donors (Lipinski definition) is 2. The van der Waals surface area contributed by atoms with Crippen molar-refractivity contribution in [1.82, 2.24) is 25.4 Å². The molecule has 1 aromatic carbocycles. The lowest BCUT2D eigenvalue weighted by molar-refractivity contribution is 0.476. The number of guanidine groups is 1. The summed E-state index contributed by atoms with van der Waals surface area (Å²) in [7, 11) is 3.79. The van der Waals surface area contributed by atoms with E-state index in [0.29, 0.717) is 24.6 Å². The maximum atomic E-state index is 5.30. The lowest BCUT2D eigenvalue weighted by atomic mass is 10.2. The van der Waals surface area contributed by atoms with Crippen LogP contribution >= 0.6 is 39.9 Å². The summed E-state index contributed by atoms with van der Waals surface area (Å²) >= 11 is 3.58. The number of aromatic amines is 1. The van der Waals surface area contributed by atoms with Crippen molar-refractivity contribution < 1.29 is 4.42 Å².